The van der Waals surface area contributed by atoms with Gasteiger partial charge in [-0.2, -0.15) is 0 Å². The predicted octanol–water partition coefficient (Wildman–Crippen LogP) is 2.07. The molecule has 2 N–H and O–H groups in total. The number of fused-ring (bicyclic) bond motifs is 1. The van der Waals surface area contributed by atoms with Gasteiger partial charge in [0.2, 0.25) is 5.91 Å². The van der Waals surface area contributed by atoms with Gasteiger partial charge in [0.25, 0.3) is 0 Å². The maximum atomic E-state index is 11.8. The Morgan fingerprint density at radius 2 is 2.23 bits per heavy atom. The smallest absolute Gasteiger partial charge is 0.225 e. The summed E-state index contributed by atoms with van der Waals surface area (Å²) in [7, 11) is 0. The van der Waals surface area contributed by atoms with Gasteiger partial charge >= 0.3 is 0 Å². The molecule has 6 heteroatoms. The van der Waals surface area contributed by atoms with Crippen LogP contribution in [-0.2, 0) is 11.3 Å². The molecule has 0 fully saturated rings. The molecule has 0 saturated heterocycles. The van der Waals surface area contributed by atoms with E-state index >= 15 is 0 Å². The summed E-state index contributed by atoms with van der Waals surface area (Å²) >= 11 is 0. The Hall–Kier alpha value is -2.21. The summed E-state index contributed by atoms with van der Waals surface area (Å²) in [5, 5.41) is 14.6. The topological polar surface area (TPSA) is 71.8 Å². The van der Waals surface area contributed by atoms with E-state index in [1.165, 1.54) is 5.56 Å². The first kappa shape index (κ1) is 14.7. The average Bonchev–Trinajstić information content (AvgIpc) is 2.96. The molecule has 0 saturated carbocycles. The minimum absolute atomic E-state index is 0.0799. The Morgan fingerprint density at radius 1 is 1.41 bits per heavy atom. The van der Waals surface area contributed by atoms with Gasteiger partial charge in [0.05, 0.1) is 11.9 Å². The van der Waals surface area contributed by atoms with E-state index in [2.05, 4.69) is 40.9 Å². The number of nitrogens with one attached hydrogen (secondary N) is 2. The van der Waals surface area contributed by atoms with Gasteiger partial charge in [-0.15, -0.1) is 5.10 Å². The summed E-state index contributed by atoms with van der Waals surface area (Å²) in [5.74, 6) is 0.279. The van der Waals surface area contributed by atoms with Crippen molar-refractivity contribution < 1.29 is 4.79 Å². The molecule has 1 aromatic carbocycles. The number of hydrogen-bond donors (Lipinski definition) is 2. The van der Waals surface area contributed by atoms with Crippen LogP contribution >= 0.6 is 0 Å². The molecule has 2 heterocycles. The molecule has 1 aliphatic rings. The highest BCUT2D eigenvalue weighted by atomic mass is 16.1. The lowest BCUT2D eigenvalue weighted by molar-refractivity contribution is -0.116. The summed E-state index contributed by atoms with van der Waals surface area (Å²) in [6, 6.07) is 8.30. The highest BCUT2D eigenvalue weighted by molar-refractivity contribution is 5.94. The van der Waals surface area contributed by atoms with Crippen LogP contribution in [0.25, 0.3) is 0 Å². The fraction of sp³-hybridized carbons (Fsp3) is 0.438. The second-order valence-corrected chi connectivity index (χ2v) is 5.95. The molecule has 1 amide bonds. The van der Waals surface area contributed by atoms with Crippen molar-refractivity contribution in [2.45, 2.75) is 38.8 Å². The van der Waals surface area contributed by atoms with E-state index < -0.39 is 0 Å². The van der Waals surface area contributed by atoms with Crippen molar-refractivity contribution in [3.8, 4) is 0 Å². The zero-order chi connectivity index (χ0) is 15.5. The second kappa shape index (κ2) is 6.27. The summed E-state index contributed by atoms with van der Waals surface area (Å²) in [6.07, 6.45) is 2.47. The molecule has 0 aliphatic carbocycles. The summed E-state index contributed by atoms with van der Waals surface area (Å²) in [4.78, 5) is 11.8. The number of anilines is 1. The van der Waals surface area contributed by atoms with Gasteiger partial charge < -0.3 is 10.6 Å². The highest BCUT2D eigenvalue weighted by Crippen LogP contribution is 2.31. The zero-order valence-electron chi connectivity index (χ0n) is 12.9. The number of aromatic nitrogens is 3. The molecular weight excluding hydrogens is 278 g/mol. The van der Waals surface area contributed by atoms with E-state index in [-0.39, 0.29) is 11.8 Å². The van der Waals surface area contributed by atoms with E-state index in [9.17, 15) is 4.79 Å². The molecule has 1 unspecified atom stereocenters. The summed E-state index contributed by atoms with van der Waals surface area (Å²) in [5.41, 5.74) is 3.04. The summed E-state index contributed by atoms with van der Waals surface area (Å²) in [6.45, 7) is 5.55. The van der Waals surface area contributed by atoms with Gasteiger partial charge in [-0.1, -0.05) is 23.4 Å². The van der Waals surface area contributed by atoms with Crippen molar-refractivity contribution in [3.63, 3.8) is 0 Å². The van der Waals surface area contributed by atoms with Crippen LogP contribution in [0.5, 0.6) is 0 Å². The minimum Gasteiger partial charge on any atom is -0.326 e. The number of amides is 1. The van der Waals surface area contributed by atoms with E-state index in [4.69, 9.17) is 0 Å². The standard InChI is InChI=1S/C16H21N5O/c1-11(2)21-10-13(19-20-21)9-17-8-12-7-16(22)18-15-6-4-3-5-14(12)15/h3-6,10-12,17H,7-9H2,1-2H3,(H,18,22). The Balaban J connectivity index is 1.60. The molecule has 22 heavy (non-hydrogen) atoms. The van der Waals surface area contributed by atoms with Gasteiger partial charge in [-0.25, -0.2) is 4.68 Å². The number of hydrogen-bond acceptors (Lipinski definition) is 4. The third-order valence-electron chi connectivity index (χ3n) is 3.89. The molecule has 3 rings (SSSR count). The number of benzene rings is 1. The summed E-state index contributed by atoms with van der Waals surface area (Å²) < 4.78 is 1.85. The largest absolute Gasteiger partial charge is 0.326 e. The molecule has 0 bridgehead atoms. The molecule has 1 atom stereocenters. The Labute approximate surface area is 129 Å². The first-order valence-corrected chi connectivity index (χ1v) is 7.63. The number of para-hydroxylation sites is 1. The van der Waals surface area contributed by atoms with Crippen molar-refractivity contribution in [1.29, 1.82) is 0 Å². The number of carbonyl (C=O) groups excluding carboxylic acids is 1. The molecule has 0 spiro atoms. The van der Waals surface area contributed by atoms with Crippen LogP contribution in [0.15, 0.2) is 30.5 Å². The van der Waals surface area contributed by atoms with Crippen LogP contribution in [-0.4, -0.2) is 27.4 Å². The fourth-order valence-electron chi connectivity index (χ4n) is 2.71. The maximum Gasteiger partial charge on any atom is 0.225 e. The minimum atomic E-state index is 0.0799. The van der Waals surface area contributed by atoms with Gasteiger partial charge in [-0.3, -0.25) is 4.79 Å². The lowest BCUT2D eigenvalue weighted by atomic mass is 9.90. The van der Waals surface area contributed by atoms with Gasteiger partial charge in [-0.05, 0) is 25.5 Å². The van der Waals surface area contributed by atoms with Gasteiger partial charge in [0, 0.05) is 37.2 Å². The molecular formula is C16H21N5O. The SMILES string of the molecule is CC(C)n1cc(CNCC2CC(=O)Nc3ccccc32)nn1. The van der Waals surface area contributed by atoms with Crippen LogP contribution in [0.2, 0.25) is 0 Å². The third kappa shape index (κ3) is 3.17. The van der Waals surface area contributed by atoms with Gasteiger partial charge in [0.1, 0.15) is 0 Å². The highest BCUT2D eigenvalue weighted by Gasteiger charge is 2.24. The van der Waals surface area contributed by atoms with E-state index in [1.54, 1.807) is 0 Å². The third-order valence-corrected chi connectivity index (χ3v) is 3.89. The Morgan fingerprint density at radius 3 is 3.00 bits per heavy atom. The molecule has 1 aliphatic heterocycles. The molecule has 6 nitrogen and oxygen atoms in total. The Kier molecular flexibility index (Phi) is 4.20. The van der Waals surface area contributed by atoms with Crippen LogP contribution < -0.4 is 10.6 Å². The van der Waals surface area contributed by atoms with E-state index in [0.717, 1.165) is 17.9 Å². The van der Waals surface area contributed by atoms with Crippen molar-refractivity contribution in [2.24, 2.45) is 0 Å². The van der Waals surface area contributed by atoms with Crippen molar-refractivity contribution >= 4 is 11.6 Å². The van der Waals surface area contributed by atoms with Crippen LogP contribution in [0.3, 0.4) is 0 Å². The molecule has 0 radical (unpaired) electrons. The zero-order valence-corrected chi connectivity index (χ0v) is 12.9. The maximum absolute atomic E-state index is 11.8. The van der Waals surface area contributed by atoms with Crippen LogP contribution in [0, 0.1) is 0 Å². The fourth-order valence-corrected chi connectivity index (χ4v) is 2.71. The van der Waals surface area contributed by atoms with Crippen molar-refractivity contribution in [2.75, 3.05) is 11.9 Å². The van der Waals surface area contributed by atoms with Crippen molar-refractivity contribution in [3.05, 3.63) is 41.7 Å². The normalized spacial score (nSPS) is 17.4. The quantitative estimate of drug-likeness (QED) is 0.886. The molecule has 1 aromatic heterocycles. The lowest BCUT2D eigenvalue weighted by Crippen LogP contribution is -2.29. The monoisotopic (exact) mass is 299 g/mol. The van der Waals surface area contributed by atoms with Gasteiger partial charge in [0.15, 0.2) is 0 Å². The number of nitrogens with zero attached hydrogens (tertiary/aromatic N) is 3. The Bertz CT molecular complexity index is 664. The van der Waals surface area contributed by atoms with Crippen LogP contribution in [0.4, 0.5) is 5.69 Å². The van der Waals surface area contributed by atoms with Crippen LogP contribution in [0.1, 0.15) is 43.5 Å². The van der Waals surface area contributed by atoms with E-state index in [1.807, 2.05) is 29.1 Å². The van der Waals surface area contributed by atoms with Crippen molar-refractivity contribution in [1.82, 2.24) is 20.3 Å². The number of carbonyl (C=O) groups is 1. The number of rotatable bonds is 5. The lowest BCUT2D eigenvalue weighted by Gasteiger charge is -2.25. The molecule has 116 valence electrons. The average molecular weight is 299 g/mol. The predicted molar refractivity (Wildman–Crippen MR) is 84.5 cm³/mol. The van der Waals surface area contributed by atoms with E-state index in [0.29, 0.717) is 19.0 Å². The first-order chi connectivity index (χ1) is 10.6. The molecule has 2 aromatic rings. The first-order valence-electron chi connectivity index (χ1n) is 7.63. The second-order valence-electron chi connectivity index (χ2n) is 5.95.